The summed E-state index contributed by atoms with van der Waals surface area (Å²) < 4.78 is 0. The van der Waals surface area contributed by atoms with Crippen molar-refractivity contribution in [2.75, 3.05) is 6.54 Å². The summed E-state index contributed by atoms with van der Waals surface area (Å²) in [6, 6.07) is 15.8. The van der Waals surface area contributed by atoms with Gasteiger partial charge in [0, 0.05) is 29.8 Å². The monoisotopic (exact) mass is 353 g/mol. The van der Waals surface area contributed by atoms with Gasteiger partial charge in [0.15, 0.2) is 0 Å². The molecule has 1 saturated carbocycles. The number of aromatic nitrogens is 2. The number of carbonyl (C=O) groups is 1. The van der Waals surface area contributed by atoms with Crippen molar-refractivity contribution in [2.45, 2.75) is 31.1 Å². The lowest BCUT2D eigenvalue weighted by Gasteiger charge is -2.18. The smallest absolute Gasteiger partial charge is 0.220 e. The molecule has 0 unspecified atom stereocenters. The number of rotatable bonds is 6. The molecule has 1 heterocycles. The van der Waals surface area contributed by atoms with Crippen molar-refractivity contribution < 1.29 is 4.79 Å². The van der Waals surface area contributed by atoms with Crippen molar-refractivity contribution in [2.24, 2.45) is 0 Å². The number of hydrogen-bond acceptors (Lipinski definition) is 2. The molecule has 3 aromatic rings. The molecule has 4 nitrogen and oxygen atoms in total. The summed E-state index contributed by atoms with van der Waals surface area (Å²) in [5.41, 5.74) is 3.12. The highest BCUT2D eigenvalue weighted by Gasteiger charge is 2.45. The molecular formula is C20H20ClN3O. The lowest BCUT2D eigenvalue weighted by atomic mass is 9.96. The van der Waals surface area contributed by atoms with Crippen LogP contribution in [0, 0.1) is 0 Å². The summed E-state index contributed by atoms with van der Waals surface area (Å²) in [7, 11) is 0. The van der Waals surface area contributed by atoms with Gasteiger partial charge in [0.1, 0.15) is 5.82 Å². The maximum atomic E-state index is 12.2. The number of imidazole rings is 1. The summed E-state index contributed by atoms with van der Waals surface area (Å²) >= 11 is 6.32. The minimum Gasteiger partial charge on any atom is -0.355 e. The van der Waals surface area contributed by atoms with E-state index in [9.17, 15) is 4.79 Å². The molecule has 0 spiro atoms. The first-order chi connectivity index (χ1) is 12.2. The second-order valence-electron chi connectivity index (χ2n) is 6.74. The number of para-hydroxylation sites is 2. The zero-order valence-corrected chi connectivity index (χ0v) is 14.6. The number of hydrogen-bond donors (Lipinski definition) is 2. The Kier molecular flexibility index (Phi) is 4.22. The fourth-order valence-corrected chi connectivity index (χ4v) is 3.63. The van der Waals surface area contributed by atoms with E-state index < -0.39 is 0 Å². The third-order valence-corrected chi connectivity index (χ3v) is 5.28. The Balaban J connectivity index is 1.33. The highest BCUT2D eigenvalue weighted by molar-refractivity contribution is 6.31. The van der Waals surface area contributed by atoms with E-state index in [-0.39, 0.29) is 11.3 Å². The first kappa shape index (κ1) is 16.2. The van der Waals surface area contributed by atoms with Gasteiger partial charge in [-0.25, -0.2) is 4.98 Å². The standard InChI is InChI=1S/C20H20ClN3O/c21-15-6-2-1-5-14(15)20(11-12-20)13-22-19(25)10-9-18-23-16-7-3-4-8-17(16)24-18/h1-8H,9-13H2,(H,22,25)(H,23,24). The first-order valence-electron chi connectivity index (χ1n) is 8.62. The quantitative estimate of drug-likeness (QED) is 0.703. The predicted molar refractivity (Wildman–Crippen MR) is 99.8 cm³/mol. The second-order valence-corrected chi connectivity index (χ2v) is 7.14. The highest BCUT2D eigenvalue weighted by atomic mass is 35.5. The number of nitrogens with one attached hydrogen (secondary N) is 2. The van der Waals surface area contributed by atoms with E-state index >= 15 is 0 Å². The Morgan fingerprint density at radius 1 is 1.16 bits per heavy atom. The number of amides is 1. The molecule has 2 aromatic carbocycles. The van der Waals surface area contributed by atoms with Gasteiger partial charge in [-0.3, -0.25) is 4.79 Å². The molecule has 0 atom stereocenters. The van der Waals surface area contributed by atoms with Crippen molar-refractivity contribution in [1.29, 1.82) is 0 Å². The van der Waals surface area contributed by atoms with Crippen LogP contribution < -0.4 is 5.32 Å². The summed E-state index contributed by atoms with van der Waals surface area (Å²) in [5, 5.41) is 3.86. The van der Waals surface area contributed by atoms with Gasteiger partial charge in [-0.2, -0.15) is 0 Å². The third kappa shape index (κ3) is 3.40. The van der Waals surface area contributed by atoms with Crippen LogP contribution >= 0.6 is 11.6 Å². The minimum atomic E-state index is 0.0212. The highest BCUT2D eigenvalue weighted by Crippen LogP contribution is 2.49. The second kappa shape index (κ2) is 6.52. The molecule has 4 rings (SSSR count). The topological polar surface area (TPSA) is 57.8 Å². The van der Waals surface area contributed by atoms with Crippen LogP contribution in [0.1, 0.15) is 30.7 Å². The van der Waals surface area contributed by atoms with E-state index in [1.807, 2.05) is 42.5 Å². The Morgan fingerprint density at radius 3 is 2.68 bits per heavy atom. The van der Waals surface area contributed by atoms with Crippen LogP contribution in [-0.4, -0.2) is 22.4 Å². The molecule has 1 aliphatic carbocycles. The van der Waals surface area contributed by atoms with Crippen molar-refractivity contribution in [3.05, 3.63) is 64.9 Å². The summed E-state index contributed by atoms with van der Waals surface area (Å²) in [5.74, 6) is 0.905. The maximum Gasteiger partial charge on any atom is 0.220 e. The summed E-state index contributed by atoms with van der Waals surface area (Å²) in [4.78, 5) is 20.0. The van der Waals surface area contributed by atoms with E-state index in [1.54, 1.807) is 0 Å². The van der Waals surface area contributed by atoms with E-state index in [2.05, 4.69) is 21.4 Å². The van der Waals surface area contributed by atoms with Crippen molar-refractivity contribution in [3.63, 3.8) is 0 Å². The van der Waals surface area contributed by atoms with E-state index in [1.165, 1.54) is 0 Å². The van der Waals surface area contributed by atoms with Gasteiger partial charge in [0.05, 0.1) is 11.0 Å². The molecule has 0 bridgehead atoms. The van der Waals surface area contributed by atoms with Crippen molar-refractivity contribution >= 4 is 28.5 Å². The van der Waals surface area contributed by atoms with Gasteiger partial charge in [-0.1, -0.05) is 41.9 Å². The number of benzene rings is 2. The number of fused-ring (bicyclic) bond motifs is 1. The van der Waals surface area contributed by atoms with Crippen LogP contribution in [0.3, 0.4) is 0 Å². The maximum absolute atomic E-state index is 12.2. The zero-order chi connectivity index (χ0) is 17.3. The Morgan fingerprint density at radius 2 is 1.92 bits per heavy atom. The molecule has 1 fully saturated rings. The van der Waals surface area contributed by atoms with E-state index in [0.29, 0.717) is 19.4 Å². The van der Waals surface area contributed by atoms with E-state index in [0.717, 1.165) is 40.3 Å². The van der Waals surface area contributed by atoms with Crippen molar-refractivity contribution in [1.82, 2.24) is 15.3 Å². The lowest BCUT2D eigenvalue weighted by molar-refractivity contribution is -0.121. The van der Waals surface area contributed by atoms with E-state index in [4.69, 9.17) is 11.6 Å². The third-order valence-electron chi connectivity index (χ3n) is 4.95. The number of carbonyl (C=O) groups excluding carboxylic acids is 1. The molecule has 1 aliphatic rings. The van der Waals surface area contributed by atoms with Crippen molar-refractivity contribution in [3.8, 4) is 0 Å². The zero-order valence-electron chi connectivity index (χ0n) is 13.9. The molecule has 25 heavy (non-hydrogen) atoms. The van der Waals surface area contributed by atoms with Gasteiger partial charge in [0.25, 0.3) is 0 Å². The average Bonchev–Trinajstić information content (AvgIpc) is 3.29. The molecule has 0 radical (unpaired) electrons. The molecule has 2 N–H and O–H groups in total. The normalized spacial score (nSPS) is 15.2. The summed E-state index contributed by atoms with van der Waals surface area (Å²) in [6.07, 6.45) is 3.18. The number of H-pyrrole nitrogens is 1. The van der Waals surface area contributed by atoms with Crippen LogP contribution in [0.15, 0.2) is 48.5 Å². The minimum absolute atomic E-state index is 0.0212. The van der Waals surface area contributed by atoms with Gasteiger partial charge in [-0.15, -0.1) is 0 Å². The average molecular weight is 354 g/mol. The molecule has 1 amide bonds. The van der Waals surface area contributed by atoms with Crippen LogP contribution in [0.2, 0.25) is 5.02 Å². The molecular weight excluding hydrogens is 334 g/mol. The molecule has 0 saturated heterocycles. The Hall–Kier alpha value is -2.33. The number of nitrogens with zero attached hydrogens (tertiary/aromatic N) is 1. The molecule has 0 aliphatic heterocycles. The Bertz CT molecular complexity index is 881. The van der Waals surface area contributed by atoms with Crippen LogP contribution in [-0.2, 0) is 16.6 Å². The predicted octanol–water partition coefficient (Wildman–Crippen LogP) is 4.00. The molecule has 128 valence electrons. The van der Waals surface area contributed by atoms with Crippen LogP contribution in [0.5, 0.6) is 0 Å². The first-order valence-corrected chi connectivity index (χ1v) is 8.99. The Labute approximate surface area is 151 Å². The number of aryl methyl sites for hydroxylation is 1. The van der Waals surface area contributed by atoms with Crippen LogP contribution in [0.4, 0.5) is 0 Å². The largest absolute Gasteiger partial charge is 0.355 e. The molecule has 1 aromatic heterocycles. The fourth-order valence-electron chi connectivity index (χ4n) is 3.30. The van der Waals surface area contributed by atoms with Gasteiger partial charge in [0.2, 0.25) is 5.91 Å². The van der Waals surface area contributed by atoms with Gasteiger partial charge >= 0.3 is 0 Å². The number of halogens is 1. The van der Waals surface area contributed by atoms with Crippen LogP contribution in [0.25, 0.3) is 11.0 Å². The molecule has 5 heteroatoms. The fraction of sp³-hybridized carbons (Fsp3) is 0.300. The lowest BCUT2D eigenvalue weighted by Crippen LogP contribution is -2.32. The number of aromatic amines is 1. The van der Waals surface area contributed by atoms with Gasteiger partial charge in [-0.05, 0) is 36.6 Å². The summed E-state index contributed by atoms with van der Waals surface area (Å²) in [6.45, 7) is 0.649. The SMILES string of the molecule is O=C(CCc1nc2ccccc2[nH]1)NCC1(c2ccccc2Cl)CC1. The van der Waals surface area contributed by atoms with Gasteiger partial charge < -0.3 is 10.3 Å².